The fraction of sp³-hybridized carbons (Fsp3) is 0.745. The Kier molecular flexibility index (Phi) is 17.4. The highest BCUT2D eigenvalue weighted by Crippen LogP contribution is 2.44. The minimum Gasteiger partial charge on any atom is -0.460 e. The minimum absolute atomic E-state index is 0.0316. The molecule has 3 fully saturated rings. The Bertz CT molecular complexity index is 2380. The zero-order valence-corrected chi connectivity index (χ0v) is 44.1. The quantitative estimate of drug-likeness (QED) is 0.103. The molecule has 0 radical (unpaired) electrons. The summed E-state index contributed by atoms with van der Waals surface area (Å²) in [6.45, 7) is 10.6. The Morgan fingerprint density at radius 1 is 0.971 bits per heavy atom. The summed E-state index contributed by atoms with van der Waals surface area (Å²) >= 11 is 0. The van der Waals surface area contributed by atoms with Crippen LogP contribution in [0.25, 0.3) is 0 Å². The number of nitrogens with zero attached hydrogens (tertiary/aromatic N) is 1. The van der Waals surface area contributed by atoms with E-state index in [4.69, 9.17) is 39.2 Å². The zero-order valence-electron chi connectivity index (χ0n) is 53.2. The van der Waals surface area contributed by atoms with Gasteiger partial charge in [0.15, 0.2) is 5.78 Å². The molecule has 396 valence electrons. The van der Waals surface area contributed by atoms with Crippen LogP contribution in [-0.4, -0.2) is 146 Å². The van der Waals surface area contributed by atoms with Gasteiger partial charge in [-0.15, -0.1) is 0 Å². The number of hydrogen-bond donors (Lipinski definition) is 2. The Morgan fingerprint density at radius 3 is 2.36 bits per heavy atom. The van der Waals surface area contributed by atoms with Gasteiger partial charge in [-0.2, -0.15) is 0 Å². The number of piperidine rings is 1. The highest BCUT2D eigenvalue weighted by atomic mass is 31.2. The molecule has 1 unspecified atom stereocenters. The van der Waals surface area contributed by atoms with Crippen LogP contribution in [0.4, 0.5) is 0 Å². The van der Waals surface area contributed by atoms with Gasteiger partial charge in [0.25, 0.3) is 11.7 Å². The molecule has 0 spiro atoms. The zero-order chi connectivity index (χ0) is 60.9. The van der Waals surface area contributed by atoms with Crippen molar-refractivity contribution in [1.82, 2.24) is 4.90 Å². The molecule has 4 rings (SSSR count). The van der Waals surface area contributed by atoms with Crippen LogP contribution in [0.5, 0.6) is 0 Å². The van der Waals surface area contributed by atoms with Crippen molar-refractivity contribution in [2.24, 2.45) is 41.4 Å². The number of hydrogen-bond acceptors (Lipinski definition) is 13. The number of Topliss-reactive ketones (excluding diaryl/α,β-unsaturated/α-hetero) is 3. The van der Waals surface area contributed by atoms with Crippen molar-refractivity contribution in [3.8, 4) is 0 Å². The summed E-state index contributed by atoms with van der Waals surface area (Å²) in [6.07, 6.45) is 3.13. The SMILES string of the molecule is [2H]C([2H])([2H])O[C@H]1C[C@@H]2CC([2H])([2H])[C@@H](C)[C@@](O)(O2)C(=O)C(=O)N2CCCC[C@H]2C(=O)O[C@H]([C@H](C)C[C@@H]2CC[C@@H](OP(=C)(C)C)[C@H](OC)C2)CC(=O)[C@H](C([2H])([2H])[2H])/C=C(\C)[C@@H](O)[C@@H](OC)C(=O)[C@H](C)C([2H])(C)[C@]([2H])(C)/C=C/C=C/C=C/1C. The van der Waals surface area contributed by atoms with Crippen molar-refractivity contribution in [3.05, 3.63) is 47.6 Å². The monoisotopic (exact) mass is 1010 g/mol. The summed E-state index contributed by atoms with van der Waals surface area (Å²) in [6, 6.07) is -1.47. The topological polar surface area (TPSA) is 184 Å². The molecule has 0 aromatic heterocycles. The number of cyclic esters (lactones) is 1. The number of fused-ring (bicyclic) bond motifs is 3. The second-order valence-electron chi connectivity index (χ2n) is 20.4. The predicted molar refractivity (Wildman–Crippen MR) is 274 cm³/mol. The van der Waals surface area contributed by atoms with Gasteiger partial charge in [-0.05, 0) is 127 Å². The van der Waals surface area contributed by atoms with Crippen molar-refractivity contribution in [2.75, 3.05) is 41.1 Å². The number of methoxy groups -OCH3 is 3. The average molecular weight is 1010 g/mol. The van der Waals surface area contributed by atoms with Crippen LogP contribution < -0.4 is 0 Å². The van der Waals surface area contributed by atoms with E-state index < -0.39 is 154 Å². The second kappa shape index (κ2) is 26.8. The minimum atomic E-state index is -3.13. The summed E-state index contributed by atoms with van der Waals surface area (Å²) in [5.74, 6) is -18.1. The standard InChI is InChI=1S/C55H88NO13P/c1-33-20-16-15-17-21-34(2)46(64-9)31-42-25-23-38(6)55(63,68-42)52(60)53(61)56-27-19-18-22-43(56)54(62)67-47(36(4)29-41-24-26-45(48(30-41)65-10)69-70(12,13)14)32-44(57)35(3)28-37(5)49(58)51(66-11)50(59)40(8)39(33)7/h15-17,20-21,28,33,35-36,38-43,45-49,51,58,63H,12,18-19,22-27,29-32H2,1-11,13-14H3/b17-15+,20-16+,34-21+,37-28+/t33-,35-,36-,38-,39?,40-,41+,42+,43+,45-,46+,47+,48-,49-,51-,55-/m1/s1/i3D3,9D3,23D2,33D,39D. The van der Waals surface area contributed by atoms with Gasteiger partial charge in [0.2, 0.25) is 5.79 Å². The van der Waals surface area contributed by atoms with Gasteiger partial charge >= 0.3 is 5.97 Å². The summed E-state index contributed by atoms with van der Waals surface area (Å²) in [5.41, 5.74) is 0.147. The number of carbonyl (C=O) groups excluding carboxylic acids is 5. The first-order valence-corrected chi connectivity index (χ1v) is 27.4. The van der Waals surface area contributed by atoms with Crippen LogP contribution in [0.15, 0.2) is 47.6 Å². The van der Waals surface area contributed by atoms with Crippen molar-refractivity contribution in [2.45, 2.75) is 180 Å². The normalized spacial score (nSPS) is 45.0. The molecule has 2 N–H and O–H groups in total. The molecule has 1 aliphatic carbocycles. The van der Waals surface area contributed by atoms with E-state index in [0.717, 1.165) is 18.1 Å². The largest absolute Gasteiger partial charge is 0.460 e. The van der Waals surface area contributed by atoms with E-state index in [1.54, 1.807) is 14.0 Å². The first-order valence-electron chi connectivity index (χ1n) is 29.6. The van der Waals surface area contributed by atoms with Crippen LogP contribution in [0.2, 0.25) is 0 Å². The van der Waals surface area contributed by atoms with Gasteiger partial charge in [0.1, 0.15) is 30.1 Å². The van der Waals surface area contributed by atoms with Crippen LogP contribution in [0.1, 0.15) is 140 Å². The lowest BCUT2D eigenvalue weighted by Crippen LogP contribution is -2.61. The van der Waals surface area contributed by atoms with Gasteiger partial charge in [0, 0.05) is 68.0 Å². The number of allylic oxidation sites excluding steroid dienone is 6. The number of esters is 1. The molecule has 14 nitrogen and oxygen atoms in total. The molecule has 2 bridgehead atoms. The Hall–Kier alpha value is -3.07. The second-order valence-corrected chi connectivity index (χ2v) is 23.8. The Balaban J connectivity index is 1.88. The maximum atomic E-state index is 14.7. The van der Waals surface area contributed by atoms with Gasteiger partial charge in [-0.1, -0.05) is 84.2 Å². The average Bonchev–Trinajstić information content (AvgIpc) is 3.34. The number of aliphatic hydroxyl groups excluding tert-OH is 1. The first kappa shape index (κ1) is 45.5. The molecular formula is C55H88NO13P. The molecular weight excluding hydrogens is 914 g/mol. The Morgan fingerprint density at radius 2 is 1.70 bits per heavy atom. The number of amides is 1. The van der Waals surface area contributed by atoms with Crippen LogP contribution in [0.3, 0.4) is 0 Å². The van der Waals surface area contributed by atoms with Crippen molar-refractivity contribution < 1.29 is 76.1 Å². The fourth-order valence-corrected chi connectivity index (χ4v) is 10.8. The molecule has 2 saturated heterocycles. The molecule has 70 heavy (non-hydrogen) atoms. The molecule has 4 aliphatic rings. The molecule has 16 atom stereocenters. The van der Waals surface area contributed by atoms with E-state index in [2.05, 4.69) is 6.30 Å². The molecule has 15 heteroatoms. The third-order valence-electron chi connectivity index (χ3n) is 14.5. The summed E-state index contributed by atoms with van der Waals surface area (Å²) in [7, 11) is -2.19. The van der Waals surface area contributed by atoms with Gasteiger partial charge in [-0.25, -0.2) is 4.79 Å². The maximum Gasteiger partial charge on any atom is 0.329 e. The highest BCUT2D eigenvalue weighted by molar-refractivity contribution is 7.67. The maximum absolute atomic E-state index is 14.7. The van der Waals surface area contributed by atoms with E-state index >= 15 is 0 Å². The van der Waals surface area contributed by atoms with E-state index in [9.17, 15) is 36.9 Å². The predicted octanol–water partition coefficient (Wildman–Crippen LogP) is 8.08. The van der Waals surface area contributed by atoms with Gasteiger partial charge < -0.3 is 43.3 Å². The smallest absolute Gasteiger partial charge is 0.329 e. The molecule has 3 heterocycles. The van der Waals surface area contributed by atoms with Gasteiger partial charge in [0.05, 0.1) is 28.5 Å². The molecule has 0 aromatic carbocycles. The third kappa shape index (κ3) is 15.7. The molecule has 1 amide bonds. The van der Waals surface area contributed by atoms with Crippen LogP contribution in [0, 0.1) is 41.4 Å². The highest BCUT2D eigenvalue weighted by Gasteiger charge is 2.53. The third-order valence-corrected chi connectivity index (χ3v) is 15.4. The summed E-state index contributed by atoms with van der Waals surface area (Å²) in [4.78, 5) is 73.6. The van der Waals surface area contributed by atoms with E-state index in [-0.39, 0.29) is 42.2 Å². The summed E-state index contributed by atoms with van der Waals surface area (Å²) in [5, 5.41) is 23.9. The van der Waals surface area contributed by atoms with E-state index in [0.29, 0.717) is 38.5 Å². The van der Waals surface area contributed by atoms with Gasteiger partial charge in [-0.3, -0.25) is 19.2 Å². The number of ether oxygens (including phenoxy) is 5. The Labute approximate surface area is 433 Å². The number of rotatable bonds is 8. The fourth-order valence-electron chi connectivity index (χ4n) is 9.82. The lowest BCUT2D eigenvalue weighted by molar-refractivity contribution is -0.265. The van der Waals surface area contributed by atoms with Crippen molar-refractivity contribution >= 4 is 42.6 Å². The molecule has 1 saturated carbocycles. The molecule has 3 aliphatic heterocycles. The van der Waals surface area contributed by atoms with Crippen molar-refractivity contribution in [3.63, 3.8) is 0 Å². The molecule has 0 aromatic rings. The van der Waals surface area contributed by atoms with E-state index in [1.807, 2.05) is 13.3 Å². The van der Waals surface area contributed by atoms with Crippen LogP contribution in [-0.2, 0) is 52.2 Å². The summed E-state index contributed by atoms with van der Waals surface area (Å²) < 4.78 is 121. The van der Waals surface area contributed by atoms with E-state index in [1.165, 1.54) is 71.9 Å². The van der Waals surface area contributed by atoms with Crippen LogP contribution >= 0.6 is 7.11 Å². The lowest BCUT2D eigenvalue weighted by atomic mass is 9.78. The first-order chi connectivity index (χ1) is 36.6. The lowest BCUT2D eigenvalue weighted by Gasteiger charge is -2.42. The number of ketones is 3. The van der Waals surface area contributed by atoms with Crippen molar-refractivity contribution in [1.29, 1.82) is 0 Å². The number of aliphatic hydroxyl groups is 2. The number of carbonyl (C=O) groups is 5.